The molecule has 14 heteroatoms. The molecule has 7 N–H and O–H groups in total. The summed E-state index contributed by atoms with van der Waals surface area (Å²) in [6.45, 7) is 5.49. The number of carbonyl (C=O) groups excluding carboxylic acids is 4. The number of halogens is 2. The van der Waals surface area contributed by atoms with Crippen LogP contribution in [-0.2, 0) is 20.8 Å². The zero-order valence-corrected chi connectivity index (χ0v) is 27.2. The SMILES string of the molecule is CN(C)c1c(Cl)c(NC(=O)C(Br)C(C)(C)C)c(O)c2c1CC1CC3[C@H](N(C)C)C(O)=C(C(N)=O)C(=O)[C@@]3(O)C(O)=C1C2=O. The number of fused-ring (bicyclic) bond motifs is 3. The minimum absolute atomic E-state index is 0.00864. The molecule has 0 fully saturated rings. The Morgan fingerprint density at radius 1 is 1.14 bits per heavy atom. The smallest absolute Gasteiger partial charge is 0.255 e. The number of phenols is 1. The van der Waals surface area contributed by atoms with Gasteiger partial charge in [0.1, 0.15) is 22.8 Å². The van der Waals surface area contributed by atoms with Crippen LogP contribution in [0.2, 0.25) is 5.02 Å². The molecule has 1 aromatic rings. The number of ketones is 2. The van der Waals surface area contributed by atoms with Crippen molar-refractivity contribution in [3.05, 3.63) is 38.8 Å². The number of benzene rings is 1. The molecule has 0 bridgehead atoms. The molecule has 0 spiro atoms. The van der Waals surface area contributed by atoms with E-state index in [1.807, 2.05) is 20.8 Å². The van der Waals surface area contributed by atoms with Crippen LogP contribution in [-0.4, -0.2) is 93.4 Å². The number of aromatic hydroxyl groups is 1. The number of hydrogen-bond donors (Lipinski definition) is 6. The number of nitrogens with zero attached hydrogens (tertiary/aromatic N) is 2. The van der Waals surface area contributed by atoms with E-state index in [0.717, 1.165) is 0 Å². The van der Waals surface area contributed by atoms with Crippen molar-refractivity contribution < 1.29 is 39.6 Å². The van der Waals surface area contributed by atoms with Gasteiger partial charge in [-0.1, -0.05) is 48.3 Å². The quantitative estimate of drug-likeness (QED) is 0.153. The Labute approximate surface area is 262 Å². The van der Waals surface area contributed by atoms with Crippen molar-refractivity contribution in [1.82, 2.24) is 4.90 Å². The van der Waals surface area contributed by atoms with E-state index in [-0.39, 0.29) is 34.7 Å². The highest BCUT2D eigenvalue weighted by atomic mass is 79.9. The van der Waals surface area contributed by atoms with Gasteiger partial charge in [-0.05, 0) is 43.8 Å². The van der Waals surface area contributed by atoms with Gasteiger partial charge in [0.15, 0.2) is 17.1 Å². The third kappa shape index (κ3) is 4.80. The molecule has 0 aromatic heterocycles. The van der Waals surface area contributed by atoms with Crippen LogP contribution >= 0.6 is 27.5 Å². The third-order valence-electron chi connectivity index (χ3n) is 8.49. The van der Waals surface area contributed by atoms with Gasteiger partial charge in [0, 0.05) is 25.6 Å². The molecule has 3 unspecified atom stereocenters. The van der Waals surface area contributed by atoms with Crippen LogP contribution in [0.25, 0.3) is 0 Å². The lowest BCUT2D eigenvalue weighted by Gasteiger charge is -2.50. The molecular weight excluding hydrogens is 648 g/mol. The summed E-state index contributed by atoms with van der Waals surface area (Å²) in [5.74, 6) is -8.23. The van der Waals surface area contributed by atoms with E-state index < -0.39 is 79.9 Å². The van der Waals surface area contributed by atoms with Crippen LogP contribution in [0, 0.1) is 17.3 Å². The molecule has 0 radical (unpaired) electrons. The summed E-state index contributed by atoms with van der Waals surface area (Å²) in [6, 6.07) is -1.10. The number of primary amides is 1. The summed E-state index contributed by atoms with van der Waals surface area (Å²) < 4.78 is 0. The van der Waals surface area contributed by atoms with Gasteiger partial charge in [0.2, 0.25) is 11.7 Å². The van der Waals surface area contributed by atoms with E-state index in [9.17, 15) is 39.6 Å². The second-order valence-corrected chi connectivity index (χ2v) is 14.1. The number of aliphatic hydroxyl groups excluding tert-OH is 2. The number of amides is 2. The van der Waals surface area contributed by atoms with Gasteiger partial charge in [0.05, 0.1) is 27.1 Å². The number of Topliss-reactive ketones (excluding diaryl/α,β-unsaturated/α-hetero) is 2. The van der Waals surface area contributed by atoms with Crippen molar-refractivity contribution in [3.63, 3.8) is 0 Å². The number of alkyl halides is 1. The molecule has 2 amide bonds. The number of rotatable bonds is 5. The lowest BCUT2D eigenvalue weighted by molar-refractivity contribution is -0.148. The van der Waals surface area contributed by atoms with Gasteiger partial charge < -0.3 is 36.4 Å². The van der Waals surface area contributed by atoms with Crippen molar-refractivity contribution in [2.45, 2.75) is 50.1 Å². The molecule has 0 heterocycles. The fourth-order valence-corrected chi connectivity index (χ4v) is 7.03. The zero-order valence-electron chi connectivity index (χ0n) is 24.9. The lowest BCUT2D eigenvalue weighted by atomic mass is 9.58. The van der Waals surface area contributed by atoms with Crippen molar-refractivity contribution in [1.29, 1.82) is 0 Å². The highest BCUT2D eigenvalue weighted by Gasteiger charge is 2.63. The first-order valence-electron chi connectivity index (χ1n) is 13.5. The Bertz CT molecular complexity index is 1530. The average Bonchev–Trinajstić information content (AvgIpc) is 2.86. The maximum Gasteiger partial charge on any atom is 0.255 e. The van der Waals surface area contributed by atoms with Crippen LogP contribution < -0.4 is 16.0 Å². The molecule has 4 rings (SSSR count). The van der Waals surface area contributed by atoms with E-state index in [0.29, 0.717) is 11.3 Å². The Kier molecular flexibility index (Phi) is 8.23. The molecule has 3 aliphatic rings. The molecule has 234 valence electrons. The van der Waals surface area contributed by atoms with Crippen molar-refractivity contribution >= 4 is 62.3 Å². The van der Waals surface area contributed by atoms with E-state index in [2.05, 4.69) is 21.2 Å². The number of nitrogens with one attached hydrogen (secondary N) is 1. The normalized spacial score (nSPS) is 26.2. The molecule has 5 atom stereocenters. The van der Waals surface area contributed by atoms with Crippen LogP contribution in [0.15, 0.2) is 22.7 Å². The largest absolute Gasteiger partial charge is 0.510 e. The first kappa shape index (κ1) is 32.8. The van der Waals surface area contributed by atoms with E-state index in [4.69, 9.17) is 17.3 Å². The summed E-state index contributed by atoms with van der Waals surface area (Å²) in [7, 11) is 6.47. The first-order chi connectivity index (χ1) is 19.7. The summed E-state index contributed by atoms with van der Waals surface area (Å²) in [6.07, 6.45) is -0.0149. The summed E-state index contributed by atoms with van der Waals surface area (Å²) >= 11 is 10.1. The fourth-order valence-electron chi connectivity index (χ4n) is 6.49. The van der Waals surface area contributed by atoms with Crippen LogP contribution in [0.3, 0.4) is 0 Å². The minimum atomic E-state index is -2.76. The second kappa shape index (κ2) is 10.8. The van der Waals surface area contributed by atoms with Crippen molar-refractivity contribution in [2.75, 3.05) is 38.4 Å². The van der Waals surface area contributed by atoms with Gasteiger partial charge in [-0.2, -0.15) is 0 Å². The molecule has 1 aromatic carbocycles. The molecular formula is C29H36BrClN4O8. The number of carbonyl (C=O) groups is 4. The van der Waals surface area contributed by atoms with E-state index in [1.165, 1.54) is 4.90 Å². The topological polar surface area (TPSA) is 194 Å². The summed E-state index contributed by atoms with van der Waals surface area (Å²) in [5.41, 5.74) is 1.13. The predicted molar refractivity (Wildman–Crippen MR) is 164 cm³/mol. The minimum Gasteiger partial charge on any atom is -0.510 e. The Morgan fingerprint density at radius 3 is 2.21 bits per heavy atom. The number of aliphatic hydroxyl groups is 3. The van der Waals surface area contributed by atoms with Crippen molar-refractivity contribution in [2.24, 2.45) is 23.0 Å². The fraction of sp³-hybridized carbons (Fsp3) is 0.517. The Hall–Kier alpha value is -3.13. The maximum absolute atomic E-state index is 14.2. The number of hydrogen-bond acceptors (Lipinski definition) is 10. The maximum atomic E-state index is 14.2. The van der Waals surface area contributed by atoms with Gasteiger partial charge in [0.25, 0.3) is 5.91 Å². The van der Waals surface area contributed by atoms with Crippen LogP contribution in [0.5, 0.6) is 5.75 Å². The molecule has 43 heavy (non-hydrogen) atoms. The number of allylic oxidation sites excluding steroid dienone is 1. The van der Waals surface area contributed by atoms with Gasteiger partial charge in [-0.15, -0.1) is 0 Å². The molecule has 0 saturated heterocycles. The molecule has 0 aliphatic heterocycles. The van der Waals surface area contributed by atoms with Crippen LogP contribution in [0.1, 0.15) is 43.1 Å². The van der Waals surface area contributed by atoms with E-state index in [1.54, 1.807) is 33.1 Å². The number of anilines is 2. The van der Waals surface area contributed by atoms with Gasteiger partial charge >= 0.3 is 0 Å². The Balaban J connectivity index is 1.96. The first-order valence-corrected chi connectivity index (χ1v) is 14.8. The molecule has 12 nitrogen and oxygen atoms in total. The lowest BCUT2D eigenvalue weighted by Crippen LogP contribution is -2.63. The van der Waals surface area contributed by atoms with Gasteiger partial charge in [-0.3, -0.25) is 24.1 Å². The zero-order chi connectivity index (χ0) is 32.7. The highest BCUT2D eigenvalue weighted by Crippen LogP contribution is 2.55. The van der Waals surface area contributed by atoms with Gasteiger partial charge in [-0.25, -0.2) is 0 Å². The third-order valence-corrected chi connectivity index (χ3v) is 10.6. The Morgan fingerprint density at radius 2 is 1.72 bits per heavy atom. The number of likely N-dealkylation sites (N-methyl/N-ethyl adjacent to an activating group) is 1. The van der Waals surface area contributed by atoms with Crippen molar-refractivity contribution in [3.8, 4) is 5.75 Å². The standard InChI is InChI=1S/C29H36BrClN4O8/c1-28(2,3)23(30)27(42)33-17-16(31)18(34(4)5)11-8-10-9-12-19(35(6)7)22(38)15(26(32)41)25(40)29(12,43)24(39)13(10)20(36)14(11)21(17)37/h10,12,19,23,37-39,43H,8-9H2,1-7H3,(H2,32,41)(H,33,42)/t10?,12?,19-,23?,29-/m0/s1. The second-order valence-electron chi connectivity index (χ2n) is 12.8. The molecule has 3 aliphatic carbocycles. The highest BCUT2D eigenvalue weighted by molar-refractivity contribution is 9.10. The number of phenolic OH excluding ortho intramolecular Hbond substituents is 1. The predicted octanol–water partition coefficient (Wildman–Crippen LogP) is 2.59. The average molecular weight is 684 g/mol. The molecule has 0 saturated carbocycles. The number of nitrogens with two attached hydrogens (primary N) is 1. The van der Waals surface area contributed by atoms with E-state index >= 15 is 0 Å². The summed E-state index contributed by atoms with van der Waals surface area (Å²) in [5, 5.41) is 48.3. The summed E-state index contributed by atoms with van der Waals surface area (Å²) in [4.78, 5) is 55.4. The van der Waals surface area contributed by atoms with Crippen LogP contribution in [0.4, 0.5) is 11.4 Å². The monoisotopic (exact) mass is 682 g/mol.